The Morgan fingerprint density at radius 1 is 1.28 bits per heavy atom. The molecule has 11 heteroatoms. The fraction of sp³-hybridized carbons (Fsp3) is 0.333. The van der Waals surface area contributed by atoms with E-state index < -0.39 is 29.9 Å². The molecule has 166 valence electrons. The molecule has 0 radical (unpaired) electrons. The molecule has 0 amide bonds. The molecule has 2 aromatic rings. The molecule has 3 heterocycles. The molecule has 0 bridgehead atoms. The Kier molecular flexibility index (Phi) is 5.38. The second kappa shape index (κ2) is 8.03. The topological polar surface area (TPSA) is 107 Å². The highest BCUT2D eigenvalue weighted by atomic mass is 19.3. The van der Waals surface area contributed by atoms with Gasteiger partial charge < -0.3 is 20.5 Å². The van der Waals surface area contributed by atoms with Gasteiger partial charge in [-0.05, 0) is 26.0 Å². The Labute approximate surface area is 181 Å². The molecule has 2 aliphatic rings. The molecular formula is C21H19F3N6O2. The third kappa shape index (κ3) is 3.79. The number of anilines is 1. The highest BCUT2D eigenvalue weighted by molar-refractivity contribution is 6.08. The summed E-state index contributed by atoms with van der Waals surface area (Å²) in [6.45, 7) is 2.14. The largest absolute Gasteiger partial charge is 0.463 e. The molecular weight excluding hydrogens is 425 g/mol. The molecule has 3 N–H and O–H groups in total. The van der Waals surface area contributed by atoms with Crippen LogP contribution in [0.1, 0.15) is 30.7 Å². The second-order valence-electron chi connectivity index (χ2n) is 7.25. The number of amidine groups is 2. The van der Waals surface area contributed by atoms with Gasteiger partial charge in [-0.15, -0.1) is 5.92 Å². The highest BCUT2D eigenvalue weighted by Gasteiger charge is 2.56. The van der Waals surface area contributed by atoms with Crippen molar-refractivity contribution in [2.75, 3.05) is 18.5 Å². The van der Waals surface area contributed by atoms with Crippen molar-refractivity contribution in [1.29, 1.82) is 0 Å². The van der Waals surface area contributed by atoms with Crippen LogP contribution in [-0.4, -0.2) is 41.0 Å². The normalized spacial score (nSPS) is 21.0. The maximum absolute atomic E-state index is 14.9. The van der Waals surface area contributed by atoms with Crippen LogP contribution in [0.25, 0.3) is 0 Å². The van der Waals surface area contributed by atoms with E-state index in [-0.39, 0.29) is 18.7 Å². The molecule has 32 heavy (non-hydrogen) atoms. The molecule has 1 aromatic carbocycles. The van der Waals surface area contributed by atoms with Gasteiger partial charge in [-0.3, -0.25) is 4.99 Å². The van der Waals surface area contributed by atoms with Gasteiger partial charge in [0, 0.05) is 16.8 Å². The predicted molar refractivity (Wildman–Crippen MR) is 111 cm³/mol. The standard InChI is InChI=1S/C21H19F3N6O2/c1-3-4-5-31-17-10-26-16(9-27-17)18-28-8-12-6-14(22)13(7-15(12)29-18)20(2)21(23,24)11-32-19(25)30-20/h6-7,9-10H,5,8,11H2,1-2H3,(H2,25,30)(H,28,29)/t20-/m1/s1. The van der Waals surface area contributed by atoms with E-state index in [1.165, 1.54) is 18.5 Å². The van der Waals surface area contributed by atoms with E-state index in [1.54, 1.807) is 6.92 Å². The van der Waals surface area contributed by atoms with Crippen molar-refractivity contribution in [1.82, 2.24) is 9.97 Å². The molecule has 0 fully saturated rings. The number of ether oxygens (including phenoxy) is 2. The van der Waals surface area contributed by atoms with Crippen LogP contribution in [0.3, 0.4) is 0 Å². The lowest BCUT2D eigenvalue weighted by molar-refractivity contribution is -0.117. The number of nitrogens with zero attached hydrogens (tertiary/aromatic N) is 4. The van der Waals surface area contributed by atoms with Crippen molar-refractivity contribution in [3.05, 3.63) is 47.2 Å². The molecule has 0 saturated carbocycles. The maximum atomic E-state index is 14.9. The van der Waals surface area contributed by atoms with E-state index in [1.807, 2.05) is 0 Å². The van der Waals surface area contributed by atoms with Crippen molar-refractivity contribution in [3.63, 3.8) is 0 Å². The van der Waals surface area contributed by atoms with E-state index in [4.69, 9.17) is 10.5 Å². The van der Waals surface area contributed by atoms with Gasteiger partial charge in [0.1, 0.15) is 11.5 Å². The molecule has 4 rings (SSSR count). The van der Waals surface area contributed by atoms with E-state index in [0.717, 1.165) is 13.0 Å². The van der Waals surface area contributed by atoms with Crippen molar-refractivity contribution in [3.8, 4) is 17.7 Å². The van der Waals surface area contributed by atoms with E-state index in [2.05, 4.69) is 41.8 Å². The number of aromatic nitrogens is 2. The van der Waals surface area contributed by atoms with Crippen molar-refractivity contribution in [2.24, 2.45) is 15.7 Å². The molecule has 1 atom stereocenters. The first-order valence-electron chi connectivity index (χ1n) is 9.58. The van der Waals surface area contributed by atoms with Crippen LogP contribution >= 0.6 is 0 Å². The minimum Gasteiger partial charge on any atom is -0.463 e. The zero-order valence-corrected chi connectivity index (χ0v) is 17.2. The fourth-order valence-corrected chi connectivity index (χ4v) is 3.30. The number of halogens is 3. The molecule has 2 aliphatic heterocycles. The summed E-state index contributed by atoms with van der Waals surface area (Å²) in [5, 5.41) is 3.01. The SMILES string of the molecule is CC#CCOc1cnc(C2=NCc3cc(F)c([C@@]4(C)N=C(N)OCC4(F)F)cc3N2)cn1. The number of hydrogen-bond acceptors (Lipinski definition) is 8. The van der Waals surface area contributed by atoms with Gasteiger partial charge >= 0.3 is 5.92 Å². The average Bonchev–Trinajstić information content (AvgIpc) is 2.77. The molecule has 8 nitrogen and oxygen atoms in total. The number of hydrogen-bond donors (Lipinski definition) is 2. The Morgan fingerprint density at radius 2 is 2.09 bits per heavy atom. The summed E-state index contributed by atoms with van der Waals surface area (Å²) in [5.74, 6) is 1.80. The van der Waals surface area contributed by atoms with Crippen LogP contribution in [0.2, 0.25) is 0 Å². The molecule has 1 aromatic heterocycles. The van der Waals surface area contributed by atoms with E-state index >= 15 is 0 Å². The summed E-state index contributed by atoms with van der Waals surface area (Å²) in [6.07, 6.45) is 2.87. The lowest BCUT2D eigenvalue weighted by Gasteiger charge is -2.38. The summed E-state index contributed by atoms with van der Waals surface area (Å²) in [5.41, 5.74) is 4.27. The first-order valence-corrected chi connectivity index (χ1v) is 9.58. The monoisotopic (exact) mass is 444 g/mol. The fourth-order valence-electron chi connectivity index (χ4n) is 3.30. The van der Waals surface area contributed by atoms with Gasteiger partial charge in [-0.25, -0.2) is 19.4 Å². The Bertz CT molecular complexity index is 1170. The van der Waals surface area contributed by atoms with Gasteiger partial charge in [0.05, 0.1) is 18.9 Å². The maximum Gasteiger partial charge on any atom is 0.310 e. The number of rotatable bonds is 4. The molecule has 0 unspecified atom stereocenters. The van der Waals surface area contributed by atoms with Crippen LogP contribution in [-0.2, 0) is 16.8 Å². The van der Waals surface area contributed by atoms with Gasteiger partial charge in [0.2, 0.25) is 5.88 Å². The van der Waals surface area contributed by atoms with E-state index in [0.29, 0.717) is 28.7 Å². The Hall–Kier alpha value is -3.81. The van der Waals surface area contributed by atoms with Gasteiger partial charge in [-0.1, -0.05) is 5.92 Å². The van der Waals surface area contributed by atoms with Crippen LogP contribution in [0.5, 0.6) is 5.88 Å². The lowest BCUT2D eigenvalue weighted by Crippen LogP contribution is -2.51. The first kappa shape index (κ1) is 21.4. The average molecular weight is 444 g/mol. The number of nitrogens with two attached hydrogens (primary N) is 1. The second-order valence-corrected chi connectivity index (χ2v) is 7.25. The predicted octanol–water partition coefficient (Wildman–Crippen LogP) is 2.59. The van der Waals surface area contributed by atoms with Crippen LogP contribution < -0.4 is 15.8 Å². The van der Waals surface area contributed by atoms with Crippen LogP contribution in [0, 0.1) is 17.7 Å². The molecule has 0 spiro atoms. The highest BCUT2D eigenvalue weighted by Crippen LogP contribution is 2.45. The zero-order valence-electron chi connectivity index (χ0n) is 17.2. The Balaban J connectivity index is 1.63. The van der Waals surface area contributed by atoms with Crippen molar-refractivity contribution in [2.45, 2.75) is 31.9 Å². The van der Waals surface area contributed by atoms with Crippen LogP contribution in [0.15, 0.2) is 34.5 Å². The summed E-state index contributed by atoms with van der Waals surface area (Å²) < 4.78 is 54.2. The van der Waals surface area contributed by atoms with Gasteiger partial charge in [-0.2, -0.15) is 8.78 Å². The molecule has 0 aliphatic carbocycles. The quantitative estimate of drug-likeness (QED) is 0.702. The van der Waals surface area contributed by atoms with Gasteiger partial charge in [0.15, 0.2) is 24.6 Å². The van der Waals surface area contributed by atoms with Crippen LogP contribution in [0.4, 0.5) is 18.9 Å². The summed E-state index contributed by atoms with van der Waals surface area (Å²) in [4.78, 5) is 16.5. The summed E-state index contributed by atoms with van der Waals surface area (Å²) >= 11 is 0. The number of benzene rings is 1. The van der Waals surface area contributed by atoms with Crippen molar-refractivity contribution >= 4 is 17.5 Å². The third-order valence-corrected chi connectivity index (χ3v) is 5.17. The lowest BCUT2D eigenvalue weighted by atomic mass is 9.84. The summed E-state index contributed by atoms with van der Waals surface area (Å²) in [7, 11) is 0. The molecule has 0 saturated heterocycles. The zero-order chi connectivity index (χ0) is 22.9. The number of fused-ring (bicyclic) bond motifs is 1. The van der Waals surface area contributed by atoms with E-state index in [9.17, 15) is 13.2 Å². The third-order valence-electron chi connectivity index (χ3n) is 5.17. The number of alkyl halides is 2. The first-order chi connectivity index (χ1) is 15.2. The summed E-state index contributed by atoms with van der Waals surface area (Å²) in [6, 6.07) is 2.04. The van der Waals surface area contributed by atoms with Gasteiger partial charge in [0.25, 0.3) is 6.02 Å². The number of nitrogens with one attached hydrogen (secondary N) is 1. The Morgan fingerprint density at radius 3 is 2.81 bits per heavy atom. The van der Waals surface area contributed by atoms with Crippen molar-refractivity contribution < 1.29 is 22.6 Å². The minimum atomic E-state index is -3.47. The number of aliphatic imine (C=N–C) groups is 2. The smallest absolute Gasteiger partial charge is 0.310 e. The minimum absolute atomic E-state index is 0.127.